The van der Waals surface area contributed by atoms with Gasteiger partial charge in [-0.15, -0.1) is 5.48 Å². The van der Waals surface area contributed by atoms with Gasteiger partial charge in [0.05, 0.1) is 21.9 Å². The van der Waals surface area contributed by atoms with Gasteiger partial charge in [0.2, 0.25) is 5.91 Å². The molecule has 0 radical (unpaired) electrons. The van der Waals surface area contributed by atoms with Gasteiger partial charge in [-0.25, -0.2) is 9.59 Å². The predicted octanol–water partition coefficient (Wildman–Crippen LogP) is 3.07. The minimum absolute atomic E-state index is 0.240. The van der Waals surface area contributed by atoms with Crippen LogP contribution in [0.1, 0.15) is 31.1 Å². The lowest BCUT2D eigenvalue weighted by molar-refractivity contribution is -0.151. The molecule has 1 rings (SSSR count). The van der Waals surface area contributed by atoms with Crippen molar-refractivity contribution in [1.82, 2.24) is 5.48 Å². The van der Waals surface area contributed by atoms with Crippen molar-refractivity contribution in [3.05, 3.63) is 22.3 Å². The molecule has 7 nitrogen and oxygen atoms in total. The molecule has 1 aromatic carbocycles. The summed E-state index contributed by atoms with van der Waals surface area (Å²) in [6, 6.07) is 1.76. The molecule has 0 atom stereocenters. The van der Waals surface area contributed by atoms with E-state index < -0.39 is 17.5 Å². The predicted molar refractivity (Wildman–Crippen MR) is 114 cm³/mol. The molecule has 0 aromatic heterocycles. The first kappa shape index (κ1) is 21.8. The number of hydrogen-bond acceptors (Lipinski definition) is 6. The Morgan fingerprint density at radius 3 is 2.21 bits per heavy atom. The molecule has 0 heterocycles. The van der Waals surface area contributed by atoms with Crippen LogP contribution in [0.5, 0.6) is 0 Å². The Morgan fingerprint density at radius 2 is 1.71 bits per heavy atom. The van der Waals surface area contributed by atoms with Crippen molar-refractivity contribution >= 4 is 91.3 Å². The number of hydroxylamine groups is 1. The third kappa shape index (κ3) is 5.39. The van der Waals surface area contributed by atoms with Gasteiger partial charge in [-0.2, -0.15) is 0 Å². The molecule has 0 saturated carbocycles. The maximum Gasteiger partial charge on any atom is 0.359 e. The summed E-state index contributed by atoms with van der Waals surface area (Å²) in [5, 5.41) is 2.70. The molecule has 0 saturated heterocycles. The van der Waals surface area contributed by atoms with Crippen LogP contribution in [0.25, 0.3) is 0 Å². The summed E-state index contributed by atoms with van der Waals surface area (Å²) in [5.74, 6) is -1.47. The van der Waals surface area contributed by atoms with E-state index in [1.165, 1.54) is 27.9 Å². The monoisotopic (exact) mass is 672 g/mol. The third-order valence-corrected chi connectivity index (χ3v) is 5.55. The molecule has 10 heteroatoms. The van der Waals surface area contributed by atoms with Gasteiger partial charge in [0.15, 0.2) is 0 Å². The molecular weight excluding hydrogens is 657 g/mol. The van der Waals surface area contributed by atoms with E-state index in [4.69, 9.17) is 4.84 Å². The van der Waals surface area contributed by atoms with Gasteiger partial charge >= 0.3 is 11.9 Å². The number of nitrogens with one attached hydrogen (secondary N) is 2. The van der Waals surface area contributed by atoms with Crippen molar-refractivity contribution in [1.29, 1.82) is 0 Å². The summed E-state index contributed by atoms with van der Waals surface area (Å²) in [5.41, 5.74) is 2.07. The maximum absolute atomic E-state index is 12.4. The van der Waals surface area contributed by atoms with Crippen LogP contribution in [0.4, 0.5) is 5.69 Å². The Balaban J connectivity index is 3.11. The van der Waals surface area contributed by atoms with Gasteiger partial charge < -0.3 is 14.9 Å². The number of anilines is 1. The number of ether oxygens (including phenoxy) is 1. The average molecular weight is 672 g/mol. The van der Waals surface area contributed by atoms with Gasteiger partial charge in [0.25, 0.3) is 0 Å². The van der Waals surface area contributed by atoms with Gasteiger partial charge in [0, 0.05) is 14.1 Å². The highest BCUT2D eigenvalue weighted by molar-refractivity contribution is 14.1. The highest BCUT2D eigenvalue weighted by atomic mass is 127. The molecule has 1 amide bonds. The summed E-state index contributed by atoms with van der Waals surface area (Å²) >= 11 is 6.07. The first-order valence-corrected chi connectivity index (χ1v) is 9.76. The Labute approximate surface area is 180 Å². The van der Waals surface area contributed by atoms with Crippen LogP contribution in [-0.2, 0) is 19.2 Å². The second-order valence-corrected chi connectivity index (χ2v) is 8.60. The number of esters is 1. The number of carbonyl (C=O) groups excluding carboxylic acids is 3. The minimum atomic E-state index is -1.19. The zero-order valence-electron chi connectivity index (χ0n) is 13.3. The van der Waals surface area contributed by atoms with Gasteiger partial charge in [-0.05, 0) is 87.7 Å². The lowest BCUT2D eigenvalue weighted by Crippen LogP contribution is -2.48. The van der Waals surface area contributed by atoms with E-state index in [2.05, 4.69) is 38.1 Å². The molecule has 2 N–H and O–H groups in total. The summed E-state index contributed by atoms with van der Waals surface area (Å²) in [6.45, 7) is 4.44. The first-order chi connectivity index (χ1) is 11.0. The smallest absolute Gasteiger partial charge is 0.359 e. The average Bonchev–Trinajstić information content (AvgIpc) is 2.48. The minimum Gasteiger partial charge on any atom is -0.468 e. The Hall–Kier alpha value is -0.220. The normalized spacial score (nSPS) is 11.0. The number of halogens is 3. The fraction of sp³-hybridized carbons (Fsp3) is 0.357. The number of amides is 1. The highest BCUT2D eigenvalue weighted by Crippen LogP contribution is 2.32. The lowest BCUT2D eigenvalue weighted by atomic mass is 10.1. The third-order valence-electron chi connectivity index (χ3n) is 2.77. The topological polar surface area (TPSA) is 93.7 Å². The SMILES string of the molecule is COC(=O)C(C)(C)NOC(=O)c1c(I)cc(I)c(NC(C)=O)c1I. The maximum atomic E-state index is 12.4. The van der Waals surface area contributed by atoms with E-state index in [9.17, 15) is 14.4 Å². The summed E-state index contributed by atoms with van der Waals surface area (Å²) in [7, 11) is 1.25. The molecule has 0 bridgehead atoms. The van der Waals surface area contributed by atoms with E-state index in [0.29, 0.717) is 18.4 Å². The molecule has 132 valence electrons. The number of rotatable bonds is 5. The lowest BCUT2D eigenvalue weighted by Gasteiger charge is -2.22. The summed E-state index contributed by atoms with van der Waals surface area (Å²) < 4.78 is 6.66. The summed E-state index contributed by atoms with van der Waals surface area (Å²) in [4.78, 5) is 40.5. The summed E-state index contributed by atoms with van der Waals surface area (Å²) in [6.07, 6.45) is 0. The standard InChI is InChI=1S/C14H15I3N2O5/c1-6(20)18-11-8(16)5-7(15)9(10(11)17)12(21)24-19-14(2,3)13(22)23-4/h5,19H,1-4H3,(H,18,20). The van der Waals surface area contributed by atoms with Gasteiger partial charge in [0.1, 0.15) is 5.54 Å². The molecule has 24 heavy (non-hydrogen) atoms. The van der Waals surface area contributed by atoms with Gasteiger partial charge in [-0.1, -0.05) is 0 Å². The van der Waals surface area contributed by atoms with Crippen LogP contribution in [-0.4, -0.2) is 30.5 Å². The second kappa shape index (κ2) is 8.93. The van der Waals surface area contributed by atoms with E-state index in [1.54, 1.807) is 6.07 Å². The second-order valence-electron chi connectivity index (χ2n) is 5.19. The van der Waals surface area contributed by atoms with Crippen molar-refractivity contribution in [3.63, 3.8) is 0 Å². The zero-order chi connectivity index (χ0) is 18.7. The Kier molecular flexibility index (Phi) is 8.12. The van der Waals surface area contributed by atoms with Gasteiger partial charge in [-0.3, -0.25) is 4.79 Å². The number of benzene rings is 1. The van der Waals surface area contributed by atoms with Crippen LogP contribution < -0.4 is 10.8 Å². The van der Waals surface area contributed by atoms with Crippen LogP contribution in [0.3, 0.4) is 0 Å². The number of methoxy groups -OCH3 is 1. The molecule has 0 aliphatic heterocycles. The zero-order valence-corrected chi connectivity index (χ0v) is 19.7. The fourth-order valence-corrected chi connectivity index (χ4v) is 5.67. The first-order valence-electron chi connectivity index (χ1n) is 6.53. The Morgan fingerprint density at radius 1 is 1.12 bits per heavy atom. The molecule has 0 aliphatic rings. The Bertz CT molecular complexity index is 691. The number of hydrogen-bond donors (Lipinski definition) is 2. The molecule has 0 spiro atoms. The van der Waals surface area contributed by atoms with Crippen LogP contribution >= 0.6 is 67.8 Å². The number of carbonyl (C=O) groups is 3. The van der Waals surface area contributed by atoms with Crippen molar-refractivity contribution in [2.24, 2.45) is 0 Å². The molecule has 0 aliphatic carbocycles. The van der Waals surface area contributed by atoms with Crippen molar-refractivity contribution in [2.75, 3.05) is 12.4 Å². The highest BCUT2D eigenvalue weighted by Gasteiger charge is 2.31. The fourth-order valence-electron chi connectivity index (χ4n) is 1.59. The van der Waals surface area contributed by atoms with Crippen molar-refractivity contribution < 1.29 is 24.0 Å². The largest absolute Gasteiger partial charge is 0.468 e. The van der Waals surface area contributed by atoms with E-state index in [0.717, 1.165) is 3.57 Å². The van der Waals surface area contributed by atoms with E-state index in [-0.39, 0.29) is 5.91 Å². The molecule has 0 fully saturated rings. The van der Waals surface area contributed by atoms with Crippen LogP contribution in [0.15, 0.2) is 6.07 Å². The van der Waals surface area contributed by atoms with E-state index >= 15 is 0 Å². The quantitative estimate of drug-likeness (QED) is 0.284. The van der Waals surface area contributed by atoms with Crippen molar-refractivity contribution in [2.45, 2.75) is 26.3 Å². The van der Waals surface area contributed by atoms with Crippen molar-refractivity contribution in [3.8, 4) is 0 Å². The molecule has 1 aromatic rings. The van der Waals surface area contributed by atoms with Crippen LogP contribution in [0.2, 0.25) is 0 Å². The van der Waals surface area contributed by atoms with Crippen LogP contribution in [0, 0.1) is 10.7 Å². The van der Waals surface area contributed by atoms with E-state index in [1.807, 2.05) is 45.2 Å². The molecule has 0 unspecified atom stereocenters. The molecular formula is C14H15I3N2O5.